The highest BCUT2D eigenvalue weighted by atomic mass is 35.5. The number of benzene rings is 2. The smallest absolute Gasteiger partial charge is 0.343 e. The summed E-state index contributed by atoms with van der Waals surface area (Å²) >= 11 is 12.3. The Bertz CT molecular complexity index is 945. The van der Waals surface area contributed by atoms with Crippen molar-refractivity contribution in [3.05, 3.63) is 57.6 Å². The van der Waals surface area contributed by atoms with Crippen LogP contribution in [-0.2, 0) is 0 Å². The SMILES string of the molecule is CCCCCCCCCCCCCCOc1ccc(C(=O)Oc2ccc(C(=O)O)cc2Cl)cc1Cl. The molecule has 0 unspecified atom stereocenters. The van der Waals surface area contributed by atoms with E-state index in [1.54, 1.807) is 12.1 Å². The molecule has 1 N–H and O–H groups in total. The van der Waals surface area contributed by atoms with Gasteiger partial charge in [0.25, 0.3) is 0 Å². The normalized spacial score (nSPS) is 10.8. The zero-order valence-corrected chi connectivity index (χ0v) is 22.0. The molecule has 0 spiro atoms. The Labute approximate surface area is 218 Å². The van der Waals surface area contributed by atoms with E-state index in [4.69, 9.17) is 37.8 Å². The van der Waals surface area contributed by atoms with E-state index in [0.717, 1.165) is 12.8 Å². The summed E-state index contributed by atoms with van der Waals surface area (Å²) in [5, 5.41) is 9.35. The van der Waals surface area contributed by atoms with Crippen molar-refractivity contribution < 1.29 is 24.2 Å². The van der Waals surface area contributed by atoms with Gasteiger partial charge in [0.15, 0.2) is 0 Å². The summed E-state index contributed by atoms with van der Waals surface area (Å²) in [5.74, 6) is -1.17. The van der Waals surface area contributed by atoms with Crippen LogP contribution in [0, 0.1) is 0 Å². The third kappa shape index (κ3) is 10.9. The lowest BCUT2D eigenvalue weighted by Gasteiger charge is -2.10. The third-order valence-corrected chi connectivity index (χ3v) is 6.40. The van der Waals surface area contributed by atoms with Crippen molar-refractivity contribution in [2.45, 2.75) is 84.0 Å². The average molecular weight is 523 g/mol. The predicted molar refractivity (Wildman–Crippen MR) is 141 cm³/mol. The lowest BCUT2D eigenvalue weighted by atomic mass is 10.1. The van der Waals surface area contributed by atoms with Crippen LogP contribution in [0.15, 0.2) is 36.4 Å². The van der Waals surface area contributed by atoms with Crippen LogP contribution >= 0.6 is 23.2 Å². The van der Waals surface area contributed by atoms with Crippen molar-refractivity contribution in [2.24, 2.45) is 0 Å². The van der Waals surface area contributed by atoms with E-state index in [1.807, 2.05) is 0 Å². The summed E-state index contributed by atoms with van der Waals surface area (Å²) in [5.41, 5.74) is 0.249. The number of carboxylic acids is 1. The summed E-state index contributed by atoms with van der Waals surface area (Å²) in [4.78, 5) is 23.4. The maximum atomic E-state index is 12.4. The molecule has 0 aliphatic rings. The number of ether oxygens (including phenoxy) is 2. The molecule has 0 aromatic heterocycles. The van der Waals surface area contributed by atoms with Crippen molar-refractivity contribution in [1.29, 1.82) is 0 Å². The minimum absolute atomic E-state index is 0.00695. The van der Waals surface area contributed by atoms with Gasteiger partial charge in [-0.3, -0.25) is 0 Å². The van der Waals surface area contributed by atoms with E-state index in [0.29, 0.717) is 17.4 Å². The Hall–Kier alpha value is -2.24. The van der Waals surface area contributed by atoms with Crippen molar-refractivity contribution in [1.82, 2.24) is 0 Å². The number of carboxylic acid groups (broad SMARTS) is 1. The third-order valence-electron chi connectivity index (χ3n) is 5.80. The number of hydrogen-bond acceptors (Lipinski definition) is 4. The summed E-state index contributed by atoms with van der Waals surface area (Å²) < 4.78 is 11.1. The average Bonchev–Trinajstić information content (AvgIpc) is 2.83. The van der Waals surface area contributed by atoms with Crippen molar-refractivity contribution >= 4 is 35.1 Å². The standard InChI is InChI=1S/C28H36Cl2O5/c1-2-3-4-5-6-7-8-9-10-11-12-13-18-34-25-16-15-22(20-23(25)29)28(33)35-26-17-14-21(27(31)32)19-24(26)30/h14-17,19-20H,2-13,18H2,1H3,(H,31,32). The molecule has 192 valence electrons. The molecule has 0 radical (unpaired) electrons. The highest BCUT2D eigenvalue weighted by molar-refractivity contribution is 6.33. The molecular formula is C28H36Cl2O5. The minimum Gasteiger partial charge on any atom is -0.492 e. The van der Waals surface area contributed by atoms with Gasteiger partial charge in [-0.1, -0.05) is 101 Å². The topological polar surface area (TPSA) is 72.8 Å². The monoisotopic (exact) mass is 522 g/mol. The van der Waals surface area contributed by atoms with E-state index in [2.05, 4.69) is 6.92 Å². The quantitative estimate of drug-likeness (QED) is 0.127. The summed E-state index contributed by atoms with van der Waals surface area (Å²) in [6, 6.07) is 8.60. The predicted octanol–water partition coefficient (Wildman–Crippen LogP) is 8.99. The van der Waals surface area contributed by atoms with Gasteiger partial charge in [0.05, 0.1) is 27.8 Å². The number of unbranched alkanes of at least 4 members (excludes halogenated alkanes) is 11. The number of carbonyl (C=O) groups is 2. The minimum atomic E-state index is -1.12. The highest BCUT2D eigenvalue weighted by Gasteiger charge is 2.15. The van der Waals surface area contributed by atoms with Crippen molar-refractivity contribution in [3.8, 4) is 11.5 Å². The second kappa shape index (κ2) is 16.4. The van der Waals surface area contributed by atoms with Crippen LogP contribution < -0.4 is 9.47 Å². The highest BCUT2D eigenvalue weighted by Crippen LogP contribution is 2.29. The molecule has 0 saturated heterocycles. The maximum Gasteiger partial charge on any atom is 0.343 e. The van der Waals surface area contributed by atoms with Gasteiger partial charge >= 0.3 is 11.9 Å². The second-order valence-electron chi connectivity index (χ2n) is 8.72. The van der Waals surface area contributed by atoms with Gasteiger partial charge in [0.2, 0.25) is 0 Å². The molecule has 0 bridgehead atoms. The Morgan fingerprint density at radius 1 is 0.714 bits per heavy atom. The molecule has 2 rings (SSSR count). The molecule has 0 aliphatic heterocycles. The molecule has 2 aromatic rings. The van der Waals surface area contributed by atoms with Crippen LogP contribution in [0.5, 0.6) is 11.5 Å². The molecule has 2 aromatic carbocycles. The largest absolute Gasteiger partial charge is 0.492 e. The van der Waals surface area contributed by atoms with Crippen LogP contribution in [-0.4, -0.2) is 23.7 Å². The zero-order valence-electron chi connectivity index (χ0n) is 20.5. The number of carbonyl (C=O) groups excluding carboxylic acids is 1. The zero-order chi connectivity index (χ0) is 25.5. The summed E-state index contributed by atoms with van der Waals surface area (Å²) in [6.45, 7) is 2.83. The molecule has 35 heavy (non-hydrogen) atoms. The van der Waals surface area contributed by atoms with Gasteiger partial charge in [-0.15, -0.1) is 0 Å². The first kappa shape index (κ1) is 29.0. The van der Waals surface area contributed by atoms with Crippen LogP contribution in [0.1, 0.15) is 105 Å². The van der Waals surface area contributed by atoms with Gasteiger partial charge in [-0.05, 0) is 42.8 Å². The van der Waals surface area contributed by atoms with Gasteiger partial charge in [0, 0.05) is 0 Å². The Kier molecular flexibility index (Phi) is 13.6. The number of rotatable bonds is 17. The number of aromatic carboxylic acids is 1. The molecule has 0 atom stereocenters. The molecule has 0 fully saturated rings. The van der Waals surface area contributed by atoms with Gasteiger partial charge in [0.1, 0.15) is 11.5 Å². The summed E-state index contributed by atoms with van der Waals surface area (Å²) in [6.07, 6.45) is 15.4. The number of halogens is 2. The van der Waals surface area contributed by atoms with Gasteiger partial charge in [-0.2, -0.15) is 0 Å². The van der Waals surface area contributed by atoms with Crippen LogP contribution in [0.4, 0.5) is 0 Å². The van der Waals surface area contributed by atoms with Crippen molar-refractivity contribution in [2.75, 3.05) is 6.61 Å². The first-order valence-corrected chi connectivity index (χ1v) is 13.3. The molecule has 0 heterocycles. The van der Waals surface area contributed by atoms with E-state index >= 15 is 0 Å². The second-order valence-corrected chi connectivity index (χ2v) is 9.54. The maximum absolute atomic E-state index is 12.4. The van der Waals surface area contributed by atoms with Gasteiger partial charge in [-0.25, -0.2) is 9.59 Å². The van der Waals surface area contributed by atoms with Gasteiger partial charge < -0.3 is 14.6 Å². The van der Waals surface area contributed by atoms with Crippen molar-refractivity contribution in [3.63, 3.8) is 0 Å². The fraction of sp³-hybridized carbons (Fsp3) is 0.500. The number of hydrogen-bond donors (Lipinski definition) is 1. The van der Waals surface area contributed by atoms with E-state index in [9.17, 15) is 9.59 Å². The lowest BCUT2D eigenvalue weighted by molar-refractivity contribution is 0.0696. The molecule has 0 amide bonds. The van der Waals surface area contributed by atoms with E-state index in [1.165, 1.54) is 88.5 Å². The van der Waals surface area contributed by atoms with Crippen LogP contribution in [0.25, 0.3) is 0 Å². The Morgan fingerprint density at radius 2 is 1.20 bits per heavy atom. The molecule has 7 heteroatoms. The van der Waals surface area contributed by atoms with E-state index in [-0.39, 0.29) is 21.9 Å². The molecule has 0 aliphatic carbocycles. The van der Waals surface area contributed by atoms with Crippen LogP contribution in [0.2, 0.25) is 10.0 Å². The fourth-order valence-corrected chi connectivity index (χ4v) is 4.20. The first-order valence-electron chi connectivity index (χ1n) is 12.6. The molecule has 0 saturated carbocycles. The summed E-state index contributed by atoms with van der Waals surface area (Å²) in [7, 11) is 0. The molecular weight excluding hydrogens is 487 g/mol. The molecule has 5 nitrogen and oxygen atoms in total. The fourth-order valence-electron chi connectivity index (χ4n) is 3.75. The number of esters is 1. The Morgan fingerprint density at radius 3 is 1.74 bits per heavy atom. The first-order chi connectivity index (χ1) is 16.9. The van der Waals surface area contributed by atoms with E-state index < -0.39 is 11.9 Å². The lowest BCUT2D eigenvalue weighted by Crippen LogP contribution is -2.09. The Balaban J connectivity index is 1.65. The van der Waals surface area contributed by atoms with Crippen LogP contribution in [0.3, 0.4) is 0 Å².